The molecular weight excluding hydrogens is 221 g/mol. The van der Waals surface area contributed by atoms with Crippen LogP contribution in [0.25, 0.3) is 0 Å². The Bertz CT molecular complexity index is 302. The van der Waals surface area contributed by atoms with Crippen LogP contribution >= 0.6 is 0 Å². The van der Waals surface area contributed by atoms with Crippen LogP contribution in [0.2, 0.25) is 0 Å². The van der Waals surface area contributed by atoms with E-state index in [1.165, 1.54) is 12.1 Å². The summed E-state index contributed by atoms with van der Waals surface area (Å²) in [5, 5.41) is 3.44. The van der Waals surface area contributed by atoms with Crippen LogP contribution in [0.1, 0.15) is 6.92 Å². The summed E-state index contributed by atoms with van der Waals surface area (Å²) in [5.74, 6) is -1.83. The number of benzene rings is 1. The third kappa shape index (κ3) is 3.12. The molecule has 1 N–H and O–H groups in total. The summed E-state index contributed by atoms with van der Waals surface area (Å²) in [7, 11) is 0. The number of anilines is 1. The van der Waals surface area contributed by atoms with Crippen molar-refractivity contribution in [3.63, 3.8) is 0 Å². The van der Waals surface area contributed by atoms with Gasteiger partial charge in [-0.1, -0.05) is 6.07 Å². The van der Waals surface area contributed by atoms with E-state index in [-0.39, 0.29) is 22.5 Å². The Balaban J connectivity index is 0.00000144. The molecule has 1 aromatic rings. The molecule has 0 spiro atoms. The first-order chi connectivity index (χ1) is 5.75. The largest absolute Gasteiger partial charge is 0.400 e. The number of hydrogen-bond acceptors (Lipinski definition) is 2. The minimum absolute atomic E-state index is 0. The molecule has 0 amide bonds. The predicted molar refractivity (Wildman–Crippen MR) is 43.1 cm³/mol. The van der Waals surface area contributed by atoms with Crippen molar-refractivity contribution in [1.29, 1.82) is 0 Å². The summed E-state index contributed by atoms with van der Waals surface area (Å²) in [6, 6.07) is 3.82. The second kappa shape index (κ2) is 5.66. The van der Waals surface area contributed by atoms with Gasteiger partial charge in [-0.25, -0.2) is 8.78 Å². The van der Waals surface area contributed by atoms with Crippen molar-refractivity contribution in [2.75, 3.05) is 5.43 Å². The maximum absolute atomic E-state index is 12.8. The Morgan fingerprint density at radius 1 is 1.38 bits per heavy atom. The molecule has 1 rings (SSSR count). The van der Waals surface area contributed by atoms with Crippen molar-refractivity contribution in [2.45, 2.75) is 6.92 Å². The van der Waals surface area contributed by atoms with Crippen molar-refractivity contribution in [3.05, 3.63) is 29.8 Å². The summed E-state index contributed by atoms with van der Waals surface area (Å²) >= 11 is 0. The monoisotopic (exact) mass is 228 g/mol. The molecule has 0 unspecified atom stereocenters. The maximum atomic E-state index is 12.8. The van der Waals surface area contributed by atoms with Crippen molar-refractivity contribution in [1.82, 2.24) is 0 Å². The predicted octanol–water partition coefficient (Wildman–Crippen LogP) is 2.26. The van der Waals surface area contributed by atoms with Gasteiger partial charge in [-0.15, -0.1) is 0 Å². The molecule has 1 aromatic carbocycles. The SMILES string of the molecule is C[C-]=NNc1cccc(F)c1F.[Co]. The average Bonchev–Trinajstić information content (AvgIpc) is 2.08. The van der Waals surface area contributed by atoms with Crippen molar-refractivity contribution in [3.8, 4) is 0 Å². The first-order valence-corrected chi connectivity index (χ1v) is 3.32. The summed E-state index contributed by atoms with van der Waals surface area (Å²) in [5.41, 5.74) is 2.31. The van der Waals surface area contributed by atoms with Crippen molar-refractivity contribution in [2.24, 2.45) is 5.10 Å². The minimum Gasteiger partial charge on any atom is -0.400 e. The van der Waals surface area contributed by atoms with Crippen LogP contribution < -0.4 is 5.43 Å². The second-order valence-corrected chi connectivity index (χ2v) is 2.05. The van der Waals surface area contributed by atoms with Crippen LogP contribution in [0.5, 0.6) is 0 Å². The van der Waals surface area contributed by atoms with E-state index in [4.69, 9.17) is 0 Å². The first-order valence-electron chi connectivity index (χ1n) is 3.32. The van der Waals surface area contributed by atoms with Gasteiger partial charge >= 0.3 is 0 Å². The van der Waals surface area contributed by atoms with Crippen molar-refractivity contribution < 1.29 is 25.6 Å². The smallest absolute Gasteiger partial charge is 0.183 e. The third-order valence-electron chi connectivity index (χ3n) is 1.24. The van der Waals surface area contributed by atoms with E-state index in [0.717, 1.165) is 6.07 Å². The molecule has 0 saturated heterocycles. The summed E-state index contributed by atoms with van der Waals surface area (Å²) in [6.07, 6.45) is 2.39. The van der Waals surface area contributed by atoms with E-state index in [2.05, 4.69) is 16.7 Å². The zero-order valence-corrected chi connectivity index (χ0v) is 7.81. The number of nitrogens with zero attached hydrogens (tertiary/aromatic N) is 1. The molecule has 1 radical (unpaired) electrons. The normalized spacial score (nSPS) is 9.77. The van der Waals surface area contributed by atoms with Crippen LogP contribution in [-0.2, 0) is 16.8 Å². The molecule has 0 aliphatic carbocycles. The number of rotatable bonds is 2. The molecule has 0 heterocycles. The maximum Gasteiger partial charge on any atom is 0.183 e. The van der Waals surface area contributed by atoms with E-state index >= 15 is 0 Å². The van der Waals surface area contributed by atoms with Gasteiger partial charge in [0.1, 0.15) is 0 Å². The molecular formula is C8H7CoF2N2-. The van der Waals surface area contributed by atoms with Crippen LogP contribution in [0.15, 0.2) is 23.3 Å². The minimum atomic E-state index is -0.934. The zero-order chi connectivity index (χ0) is 8.97. The van der Waals surface area contributed by atoms with Gasteiger partial charge in [0.25, 0.3) is 0 Å². The van der Waals surface area contributed by atoms with E-state index in [9.17, 15) is 8.78 Å². The Labute approximate surface area is 85.2 Å². The van der Waals surface area contributed by atoms with Crippen LogP contribution in [0.4, 0.5) is 14.5 Å². The van der Waals surface area contributed by atoms with E-state index < -0.39 is 11.6 Å². The van der Waals surface area contributed by atoms with Gasteiger partial charge in [-0.05, 0) is 12.1 Å². The van der Waals surface area contributed by atoms with E-state index in [1.54, 1.807) is 6.92 Å². The van der Waals surface area contributed by atoms with Crippen molar-refractivity contribution >= 4 is 11.9 Å². The van der Waals surface area contributed by atoms with Gasteiger partial charge in [0, 0.05) is 16.8 Å². The fraction of sp³-hybridized carbons (Fsp3) is 0.125. The molecule has 73 valence electrons. The van der Waals surface area contributed by atoms with E-state index in [0.29, 0.717) is 0 Å². The van der Waals surface area contributed by atoms with Gasteiger partial charge in [-0.2, -0.15) is 6.92 Å². The standard InChI is InChI=1S/C8H7F2N2.Co/c1-2-11-12-7-5-3-4-6(9)8(7)10;/h3-5,12H,1H3;/q-1;. The molecule has 13 heavy (non-hydrogen) atoms. The first kappa shape index (κ1) is 12.1. The number of hydrogen-bond donors (Lipinski definition) is 1. The molecule has 5 heteroatoms. The van der Waals surface area contributed by atoms with Gasteiger partial charge < -0.3 is 16.7 Å². The number of hydrazone groups is 1. The quantitative estimate of drug-likeness (QED) is 0.468. The van der Waals surface area contributed by atoms with Gasteiger partial charge in [0.15, 0.2) is 11.6 Å². The molecule has 0 atom stereocenters. The number of halogens is 2. The Hall–Kier alpha value is -0.944. The molecule has 0 aliphatic heterocycles. The second-order valence-electron chi connectivity index (χ2n) is 2.05. The van der Waals surface area contributed by atoms with E-state index in [1.807, 2.05) is 0 Å². The summed E-state index contributed by atoms with van der Waals surface area (Å²) in [6.45, 7) is 1.55. The average molecular weight is 228 g/mol. The number of nitrogens with one attached hydrogen (secondary N) is 1. The molecule has 0 bridgehead atoms. The fourth-order valence-electron chi connectivity index (χ4n) is 0.706. The molecule has 2 nitrogen and oxygen atoms in total. The molecule has 0 saturated carbocycles. The Kier molecular flexibility index (Phi) is 5.25. The van der Waals surface area contributed by atoms with Crippen LogP contribution in [0, 0.1) is 11.6 Å². The molecule has 0 fully saturated rings. The molecule has 0 aliphatic rings. The van der Waals surface area contributed by atoms with Gasteiger partial charge in [0.05, 0.1) is 5.69 Å². The summed E-state index contributed by atoms with van der Waals surface area (Å²) < 4.78 is 25.3. The topological polar surface area (TPSA) is 24.4 Å². The Morgan fingerprint density at radius 2 is 2.08 bits per heavy atom. The molecule has 0 aromatic heterocycles. The fourth-order valence-corrected chi connectivity index (χ4v) is 0.706. The van der Waals surface area contributed by atoms with Gasteiger partial charge in [-0.3, -0.25) is 0 Å². The summed E-state index contributed by atoms with van der Waals surface area (Å²) in [4.78, 5) is 0. The zero-order valence-electron chi connectivity index (χ0n) is 6.77. The van der Waals surface area contributed by atoms with Gasteiger partial charge in [0.2, 0.25) is 0 Å². The third-order valence-corrected chi connectivity index (χ3v) is 1.24. The Morgan fingerprint density at radius 3 is 2.69 bits per heavy atom. The van der Waals surface area contributed by atoms with Crippen LogP contribution in [-0.4, -0.2) is 6.21 Å². The van der Waals surface area contributed by atoms with Crippen LogP contribution in [0.3, 0.4) is 0 Å².